The average molecular weight is 467 g/mol. The molecule has 0 saturated carbocycles. The molecule has 32 heavy (non-hydrogen) atoms. The van der Waals surface area contributed by atoms with Gasteiger partial charge in [0.2, 0.25) is 11.8 Å². The molecule has 1 aromatic heterocycles. The van der Waals surface area contributed by atoms with Crippen molar-refractivity contribution in [3.05, 3.63) is 48.0 Å². The molecule has 0 radical (unpaired) electrons. The van der Waals surface area contributed by atoms with Gasteiger partial charge in [-0.1, -0.05) is 23.5 Å². The Morgan fingerprint density at radius 2 is 1.88 bits per heavy atom. The van der Waals surface area contributed by atoms with Crippen molar-refractivity contribution in [1.29, 1.82) is 0 Å². The van der Waals surface area contributed by atoms with Crippen LogP contribution in [0.25, 0.3) is 10.2 Å². The molecule has 7 nitrogen and oxygen atoms in total. The number of thiazole rings is 1. The number of para-hydroxylation sites is 1. The number of hydrogen-bond donors (Lipinski definition) is 1. The van der Waals surface area contributed by atoms with E-state index in [1.165, 1.54) is 28.0 Å². The molecule has 0 unspecified atom stereocenters. The van der Waals surface area contributed by atoms with E-state index in [4.69, 9.17) is 0 Å². The molecule has 2 aliphatic rings. The first kappa shape index (κ1) is 21.0. The van der Waals surface area contributed by atoms with E-state index >= 15 is 0 Å². The van der Waals surface area contributed by atoms with Crippen LogP contribution in [0.1, 0.15) is 29.6 Å². The lowest BCUT2D eigenvalue weighted by Gasteiger charge is -2.30. The third-order valence-corrected chi connectivity index (χ3v) is 7.63. The largest absolute Gasteiger partial charge is 0.339 e. The van der Waals surface area contributed by atoms with Gasteiger partial charge in [-0.2, -0.15) is 0 Å². The summed E-state index contributed by atoms with van der Waals surface area (Å²) < 4.78 is 0.986. The number of piperidine rings is 1. The number of nitrogens with zero attached hydrogens (tertiary/aromatic N) is 3. The van der Waals surface area contributed by atoms with Gasteiger partial charge in [-0.3, -0.25) is 14.4 Å². The van der Waals surface area contributed by atoms with Crippen molar-refractivity contribution in [2.45, 2.75) is 24.2 Å². The van der Waals surface area contributed by atoms with E-state index in [1.807, 2.05) is 41.3 Å². The highest BCUT2D eigenvalue weighted by molar-refractivity contribution is 8.00. The van der Waals surface area contributed by atoms with Gasteiger partial charge in [-0.05, 0) is 49.6 Å². The Morgan fingerprint density at radius 3 is 2.69 bits per heavy atom. The van der Waals surface area contributed by atoms with Crippen molar-refractivity contribution in [2.24, 2.45) is 0 Å². The zero-order valence-electron chi connectivity index (χ0n) is 17.4. The van der Waals surface area contributed by atoms with E-state index in [1.54, 1.807) is 6.07 Å². The number of rotatable bonds is 4. The van der Waals surface area contributed by atoms with Crippen LogP contribution in [0.4, 0.5) is 10.8 Å². The fourth-order valence-electron chi connectivity index (χ4n) is 4.02. The number of aromatic nitrogens is 1. The summed E-state index contributed by atoms with van der Waals surface area (Å²) in [4.78, 5) is 47.1. The Hall–Kier alpha value is -2.91. The second kappa shape index (κ2) is 8.91. The summed E-state index contributed by atoms with van der Waals surface area (Å²) in [5, 5.41) is 3.32. The molecule has 0 aliphatic carbocycles. The van der Waals surface area contributed by atoms with Crippen LogP contribution in [0.15, 0.2) is 47.4 Å². The number of likely N-dealkylation sites (tertiary alicyclic amines) is 1. The van der Waals surface area contributed by atoms with Crippen molar-refractivity contribution < 1.29 is 14.4 Å². The van der Waals surface area contributed by atoms with Gasteiger partial charge in [0.05, 0.1) is 21.7 Å². The minimum absolute atomic E-state index is 0.0191. The first-order valence-corrected chi connectivity index (χ1v) is 12.4. The Kier molecular flexibility index (Phi) is 5.84. The number of thioether (sulfide) groups is 1. The van der Waals surface area contributed by atoms with Crippen LogP contribution in [0.5, 0.6) is 0 Å². The monoisotopic (exact) mass is 466 g/mol. The predicted octanol–water partition coefficient (Wildman–Crippen LogP) is 4.00. The summed E-state index contributed by atoms with van der Waals surface area (Å²) in [6.45, 7) is 1.40. The van der Waals surface area contributed by atoms with E-state index < -0.39 is 0 Å². The van der Waals surface area contributed by atoms with E-state index in [0.717, 1.165) is 47.5 Å². The molecule has 0 atom stereocenters. The lowest BCUT2D eigenvalue weighted by molar-refractivity contribution is -0.120. The molecular formula is C23H22N4O3S2. The predicted molar refractivity (Wildman–Crippen MR) is 128 cm³/mol. The molecule has 0 bridgehead atoms. The van der Waals surface area contributed by atoms with E-state index in [-0.39, 0.29) is 30.0 Å². The highest BCUT2D eigenvalue weighted by atomic mass is 32.2. The van der Waals surface area contributed by atoms with Gasteiger partial charge < -0.3 is 15.1 Å². The van der Waals surface area contributed by atoms with Gasteiger partial charge in [0.15, 0.2) is 5.13 Å². The summed E-state index contributed by atoms with van der Waals surface area (Å²) in [5.41, 5.74) is 2.00. The van der Waals surface area contributed by atoms with Gasteiger partial charge in [0, 0.05) is 23.5 Å². The standard InChI is InChI=1S/C23H22N4O3S2/c28-20(25-23-24-16-6-2-3-7-18(16)32-23)13-27-17-12-15(8-9-19(17)31-14-21(27)29)22(30)26-10-4-1-5-11-26/h2-3,6-9,12H,1,4-5,10-11,13-14H2,(H,24,25,28). The number of carbonyl (C=O) groups is 3. The average Bonchev–Trinajstić information content (AvgIpc) is 3.23. The minimum atomic E-state index is -0.317. The fraction of sp³-hybridized carbons (Fsp3) is 0.304. The number of nitrogens with one attached hydrogen (secondary N) is 1. The van der Waals surface area contributed by atoms with E-state index in [0.29, 0.717) is 16.4 Å². The highest BCUT2D eigenvalue weighted by Gasteiger charge is 2.29. The molecule has 164 valence electrons. The molecule has 2 aliphatic heterocycles. The van der Waals surface area contributed by atoms with Crippen LogP contribution in [-0.4, -0.2) is 53.0 Å². The molecule has 3 aromatic rings. The van der Waals surface area contributed by atoms with Crippen molar-refractivity contribution in [2.75, 3.05) is 35.6 Å². The second-order valence-electron chi connectivity index (χ2n) is 7.84. The lowest BCUT2D eigenvalue weighted by Crippen LogP contribution is -2.41. The fourth-order valence-corrected chi connectivity index (χ4v) is 5.81. The minimum Gasteiger partial charge on any atom is -0.339 e. The van der Waals surface area contributed by atoms with Crippen LogP contribution in [0.3, 0.4) is 0 Å². The van der Waals surface area contributed by atoms with E-state index in [2.05, 4.69) is 10.3 Å². The number of hydrogen-bond acceptors (Lipinski definition) is 6. The van der Waals surface area contributed by atoms with Gasteiger partial charge in [0.1, 0.15) is 6.54 Å². The second-order valence-corrected chi connectivity index (χ2v) is 9.89. The third kappa shape index (κ3) is 4.22. The molecule has 1 saturated heterocycles. The number of fused-ring (bicyclic) bond motifs is 2. The maximum atomic E-state index is 13.0. The van der Waals surface area contributed by atoms with Gasteiger partial charge >= 0.3 is 0 Å². The molecular weight excluding hydrogens is 444 g/mol. The Labute approximate surface area is 193 Å². The summed E-state index contributed by atoms with van der Waals surface area (Å²) in [7, 11) is 0. The lowest BCUT2D eigenvalue weighted by atomic mass is 10.1. The molecule has 5 rings (SSSR count). The van der Waals surface area contributed by atoms with Crippen LogP contribution >= 0.6 is 23.1 Å². The smallest absolute Gasteiger partial charge is 0.253 e. The quantitative estimate of drug-likeness (QED) is 0.629. The Balaban J connectivity index is 1.35. The van der Waals surface area contributed by atoms with Crippen molar-refractivity contribution in [3.8, 4) is 0 Å². The SMILES string of the molecule is O=C(CN1C(=O)CSc2ccc(C(=O)N3CCCCC3)cc21)Nc1nc2ccccc2s1. The summed E-state index contributed by atoms with van der Waals surface area (Å²) in [6, 6.07) is 13.1. The molecule has 1 fully saturated rings. The molecule has 3 heterocycles. The van der Waals surface area contributed by atoms with Crippen LogP contribution in [-0.2, 0) is 9.59 Å². The molecule has 3 amide bonds. The van der Waals surface area contributed by atoms with Gasteiger partial charge in [-0.15, -0.1) is 11.8 Å². The van der Waals surface area contributed by atoms with E-state index in [9.17, 15) is 14.4 Å². The molecule has 2 aromatic carbocycles. The van der Waals surface area contributed by atoms with Gasteiger partial charge in [0.25, 0.3) is 5.91 Å². The summed E-state index contributed by atoms with van der Waals surface area (Å²) in [5.74, 6) is -0.220. The Morgan fingerprint density at radius 1 is 1.06 bits per heavy atom. The summed E-state index contributed by atoms with van der Waals surface area (Å²) >= 11 is 2.83. The number of amides is 3. The molecule has 9 heteroatoms. The topological polar surface area (TPSA) is 82.6 Å². The van der Waals surface area contributed by atoms with Gasteiger partial charge in [-0.25, -0.2) is 4.98 Å². The Bertz CT molecular complexity index is 1170. The zero-order valence-corrected chi connectivity index (χ0v) is 19.0. The first-order chi connectivity index (χ1) is 15.6. The number of benzene rings is 2. The summed E-state index contributed by atoms with van der Waals surface area (Å²) in [6.07, 6.45) is 3.18. The molecule has 1 N–H and O–H groups in total. The normalized spacial score (nSPS) is 16.2. The van der Waals surface area contributed by atoms with Crippen molar-refractivity contribution in [1.82, 2.24) is 9.88 Å². The number of anilines is 2. The third-order valence-electron chi connectivity index (χ3n) is 5.63. The number of carbonyl (C=O) groups excluding carboxylic acids is 3. The van der Waals surface area contributed by atoms with Crippen LogP contribution in [0, 0.1) is 0 Å². The van der Waals surface area contributed by atoms with Crippen LogP contribution < -0.4 is 10.2 Å². The maximum Gasteiger partial charge on any atom is 0.253 e. The van der Waals surface area contributed by atoms with Crippen molar-refractivity contribution >= 4 is 61.9 Å². The first-order valence-electron chi connectivity index (χ1n) is 10.6. The zero-order chi connectivity index (χ0) is 22.1. The maximum absolute atomic E-state index is 13.0. The van der Waals surface area contributed by atoms with Crippen molar-refractivity contribution in [3.63, 3.8) is 0 Å². The van der Waals surface area contributed by atoms with Crippen LogP contribution in [0.2, 0.25) is 0 Å². The molecule has 0 spiro atoms. The highest BCUT2D eigenvalue weighted by Crippen LogP contribution is 2.36.